The molecule has 1 fully saturated rings. The summed E-state index contributed by atoms with van der Waals surface area (Å²) in [5, 5.41) is 3.03. The number of likely N-dealkylation sites (tertiary alicyclic amines) is 1. The van der Waals surface area contributed by atoms with Gasteiger partial charge < -0.3 is 25.4 Å². The molecule has 0 aliphatic carbocycles. The molecular formula is C31H39N3O3. The number of hydrogen-bond donors (Lipinski definition) is 2. The second-order valence-corrected chi connectivity index (χ2v) is 10.1. The molecule has 3 aromatic rings. The van der Waals surface area contributed by atoms with E-state index in [0.29, 0.717) is 23.1 Å². The quantitative estimate of drug-likeness (QED) is 0.321. The molecule has 37 heavy (non-hydrogen) atoms. The number of amides is 1. The van der Waals surface area contributed by atoms with Crippen LogP contribution in [0.4, 0.5) is 11.4 Å². The molecule has 6 nitrogen and oxygen atoms in total. The summed E-state index contributed by atoms with van der Waals surface area (Å²) in [7, 11) is 1.64. The summed E-state index contributed by atoms with van der Waals surface area (Å²) in [4.78, 5) is 14.6. The lowest BCUT2D eigenvalue weighted by Crippen LogP contribution is -2.34. The molecule has 0 unspecified atom stereocenters. The molecule has 1 aliphatic rings. The van der Waals surface area contributed by atoms with Gasteiger partial charge in [-0.3, -0.25) is 4.79 Å². The molecule has 0 radical (unpaired) electrons. The number of carbonyl (C=O) groups is 1. The number of rotatable bonds is 10. The number of ether oxygens (including phenoxy) is 2. The minimum absolute atomic E-state index is 0.0308. The molecule has 196 valence electrons. The first-order valence-corrected chi connectivity index (χ1v) is 13.2. The molecule has 1 aliphatic heterocycles. The number of anilines is 2. The Labute approximate surface area is 220 Å². The summed E-state index contributed by atoms with van der Waals surface area (Å²) >= 11 is 0. The van der Waals surface area contributed by atoms with Crippen molar-refractivity contribution in [3.8, 4) is 11.5 Å². The number of nitrogens with one attached hydrogen (secondary N) is 1. The number of nitrogens with zero attached hydrogens (tertiary/aromatic N) is 1. The minimum atomic E-state index is -0.0855. The Morgan fingerprint density at radius 1 is 1.00 bits per heavy atom. The van der Waals surface area contributed by atoms with E-state index in [1.807, 2.05) is 44.2 Å². The van der Waals surface area contributed by atoms with Gasteiger partial charge in [-0.1, -0.05) is 56.3 Å². The predicted octanol–water partition coefficient (Wildman–Crippen LogP) is 6.26. The molecule has 0 saturated carbocycles. The van der Waals surface area contributed by atoms with Crippen LogP contribution in [0.5, 0.6) is 11.5 Å². The van der Waals surface area contributed by atoms with Gasteiger partial charge in [-0.25, -0.2) is 0 Å². The number of piperidine rings is 1. The summed E-state index contributed by atoms with van der Waals surface area (Å²) < 4.78 is 12.0. The second kappa shape index (κ2) is 12.6. The van der Waals surface area contributed by atoms with Crippen LogP contribution in [-0.2, 0) is 4.79 Å². The third kappa shape index (κ3) is 7.26. The van der Waals surface area contributed by atoms with Gasteiger partial charge >= 0.3 is 0 Å². The lowest BCUT2D eigenvalue weighted by Gasteiger charge is -2.33. The van der Waals surface area contributed by atoms with E-state index in [4.69, 9.17) is 15.2 Å². The van der Waals surface area contributed by atoms with Crippen molar-refractivity contribution < 1.29 is 14.3 Å². The van der Waals surface area contributed by atoms with Crippen molar-refractivity contribution in [1.82, 2.24) is 4.90 Å². The Morgan fingerprint density at radius 2 is 1.76 bits per heavy atom. The number of hydrogen-bond acceptors (Lipinski definition) is 5. The maximum Gasteiger partial charge on any atom is 0.226 e. The van der Waals surface area contributed by atoms with E-state index in [1.165, 1.54) is 5.56 Å². The van der Waals surface area contributed by atoms with E-state index in [2.05, 4.69) is 46.6 Å². The van der Waals surface area contributed by atoms with Crippen LogP contribution >= 0.6 is 0 Å². The molecule has 0 spiro atoms. The summed E-state index contributed by atoms with van der Waals surface area (Å²) in [6.07, 6.45) is 2.99. The zero-order valence-electron chi connectivity index (χ0n) is 22.2. The monoisotopic (exact) mass is 501 g/mol. The fourth-order valence-corrected chi connectivity index (χ4v) is 4.84. The van der Waals surface area contributed by atoms with Crippen LogP contribution in [0.1, 0.15) is 56.3 Å². The Bertz CT molecular complexity index is 1160. The smallest absolute Gasteiger partial charge is 0.226 e. The molecule has 1 amide bonds. The van der Waals surface area contributed by atoms with E-state index >= 15 is 0 Å². The molecule has 6 heteroatoms. The molecule has 1 heterocycles. The van der Waals surface area contributed by atoms with Crippen molar-refractivity contribution in [2.75, 3.05) is 37.8 Å². The summed E-state index contributed by atoms with van der Waals surface area (Å²) in [6, 6.07) is 24.2. The van der Waals surface area contributed by atoms with Crippen molar-refractivity contribution in [2.24, 2.45) is 5.92 Å². The average molecular weight is 502 g/mol. The normalized spacial score (nSPS) is 15.4. The molecule has 0 aromatic heterocycles. The molecule has 3 N–H and O–H groups in total. The van der Waals surface area contributed by atoms with Gasteiger partial charge in [0.2, 0.25) is 5.91 Å². The molecule has 3 aromatic carbocycles. The van der Waals surface area contributed by atoms with Gasteiger partial charge in [0.25, 0.3) is 0 Å². The van der Waals surface area contributed by atoms with Crippen LogP contribution in [0.25, 0.3) is 0 Å². The van der Waals surface area contributed by atoms with Gasteiger partial charge in [0, 0.05) is 36.3 Å². The second-order valence-electron chi connectivity index (χ2n) is 10.1. The molecule has 0 bridgehead atoms. The lowest BCUT2D eigenvalue weighted by atomic mass is 9.89. The van der Waals surface area contributed by atoms with Crippen molar-refractivity contribution in [2.45, 2.75) is 45.1 Å². The van der Waals surface area contributed by atoms with Gasteiger partial charge in [-0.15, -0.1) is 0 Å². The third-order valence-corrected chi connectivity index (χ3v) is 7.07. The lowest BCUT2D eigenvalue weighted by molar-refractivity contribution is -0.118. The van der Waals surface area contributed by atoms with Gasteiger partial charge in [-0.05, 0) is 67.2 Å². The van der Waals surface area contributed by atoms with Crippen molar-refractivity contribution in [1.29, 1.82) is 0 Å². The fraction of sp³-hybridized carbons (Fsp3) is 0.387. The molecule has 4 rings (SSSR count). The van der Waals surface area contributed by atoms with E-state index in [9.17, 15) is 4.79 Å². The van der Waals surface area contributed by atoms with E-state index in [0.717, 1.165) is 50.1 Å². The van der Waals surface area contributed by atoms with Crippen LogP contribution in [0.15, 0.2) is 72.8 Å². The average Bonchev–Trinajstić information content (AvgIpc) is 2.92. The van der Waals surface area contributed by atoms with Crippen molar-refractivity contribution in [3.05, 3.63) is 83.9 Å². The predicted molar refractivity (Wildman–Crippen MR) is 150 cm³/mol. The van der Waals surface area contributed by atoms with Gasteiger partial charge in [0.05, 0.1) is 7.11 Å². The summed E-state index contributed by atoms with van der Waals surface area (Å²) in [6.45, 7) is 6.86. The van der Waals surface area contributed by atoms with Crippen LogP contribution in [0.3, 0.4) is 0 Å². The Hall–Kier alpha value is -3.51. The zero-order chi connectivity index (χ0) is 26.2. The van der Waals surface area contributed by atoms with Gasteiger partial charge in [-0.2, -0.15) is 0 Å². The summed E-state index contributed by atoms with van der Waals surface area (Å²) in [5.74, 6) is 1.88. The Kier molecular flexibility index (Phi) is 9.07. The summed E-state index contributed by atoms with van der Waals surface area (Å²) in [5.41, 5.74) is 9.93. The number of methoxy groups -OCH3 is 1. The van der Waals surface area contributed by atoms with Crippen molar-refractivity contribution in [3.63, 3.8) is 0 Å². The first-order chi connectivity index (χ1) is 17.9. The topological polar surface area (TPSA) is 76.8 Å². The van der Waals surface area contributed by atoms with Crippen LogP contribution in [0.2, 0.25) is 0 Å². The molecule has 1 atom stereocenters. The SMILES string of the molecule is COc1cc(N)ccc1O[C@@H](CCN1CCC(c2cccc(NC(=O)C(C)C)c2)CC1)c1ccccc1. The number of benzene rings is 3. The van der Waals surface area contributed by atoms with E-state index < -0.39 is 0 Å². The third-order valence-electron chi connectivity index (χ3n) is 7.07. The van der Waals surface area contributed by atoms with Crippen LogP contribution < -0.4 is 20.5 Å². The number of nitrogen functional groups attached to an aromatic ring is 1. The highest BCUT2D eigenvalue weighted by atomic mass is 16.5. The standard InChI is InChI=1S/C31H39N3O3/c1-22(2)31(35)33-27-11-7-10-25(20-27)23-14-17-34(18-15-23)19-16-28(24-8-5-4-6-9-24)37-29-13-12-26(32)21-30(29)36-3/h4-13,20-23,28H,14-19,32H2,1-3H3,(H,33,35)/t28-/m0/s1. The minimum Gasteiger partial charge on any atom is -0.493 e. The van der Waals surface area contributed by atoms with E-state index in [1.54, 1.807) is 13.2 Å². The molecular weight excluding hydrogens is 462 g/mol. The maximum atomic E-state index is 12.1. The molecule has 1 saturated heterocycles. The fourth-order valence-electron chi connectivity index (χ4n) is 4.84. The number of carbonyl (C=O) groups excluding carboxylic acids is 1. The van der Waals surface area contributed by atoms with Gasteiger partial charge in [0.1, 0.15) is 6.10 Å². The maximum absolute atomic E-state index is 12.1. The Morgan fingerprint density at radius 3 is 2.46 bits per heavy atom. The zero-order valence-corrected chi connectivity index (χ0v) is 22.2. The van der Waals surface area contributed by atoms with Crippen molar-refractivity contribution >= 4 is 17.3 Å². The highest BCUT2D eigenvalue weighted by Crippen LogP contribution is 2.35. The highest BCUT2D eigenvalue weighted by molar-refractivity contribution is 5.92. The first-order valence-electron chi connectivity index (χ1n) is 13.2. The largest absolute Gasteiger partial charge is 0.493 e. The van der Waals surface area contributed by atoms with Crippen LogP contribution in [-0.4, -0.2) is 37.6 Å². The Balaban J connectivity index is 1.36. The highest BCUT2D eigenvalue weighted by Gasteiger charge is 2.23. The van der Waals surface area contributed by atoms with Crippen LogP contribution in [0, 0.1) is 5.92 Å². The number of nitrogens with two attached hydrogens (primary N) is 1. The van der Waals surface area contributed by atoms with E-state index in [-0.39, 0.29) is 17.9 Å². The van der Waals surface area contributed by atoms with Gasteiger partial charge in [0.15, 0.2) is 11.5 Å². The first kappa shape index (κ1) is 26.6.